The second-order valence-electron chi connectivity index (χ2n) is 3.91. The third-order valence-corrected chi connectivity index (χ3v) is 2.52. The second-order valence-corrected chi connectivity index (χ2v) is 3.91. The average Bonchev–Trinajstić information content (AvgIpc) is 3.03. The third-order valence-electron chi connectivity index (χ3n) is 2.52. The van der Waals surface area contributed by atoms with Crippen molar-refractivity contribution in [2.75, 3.05) is 12.0 Å². The van der Waals surface area contributed by atoms with Crippen LogP contribution in [0.2, 0.25) is 0 Å². The number of hydrogen-bond acceptors (Lipinski definition) is 6. The van der Waals surface area contributed by atoms with Crippen LogP contribution in [0.4, 0.5) is 5.69 Å². The number of nitriles is 2. The molecule has 0 spiro atoms. The van der Waals surface area contributed by atoms with E-state index in [0.29, 0.717) is 24.6 Å². The summed E-state index contributed by atoms with van der Waals surface area (Å²) in [5.74, 6) is 0.587. The van der Waals surface area contributed by atoms with Crippen LogP contribution in [0.1, 0.15) is 0 Å². The lowest BCUT2D eigenvalue weighted by atomic mass is 10.3. The van der Waals surface area contributed by atoms with Gasteiger partial charge in [0.1, 0.15) is 24.5 Å². The van der Waals surface area contributed by atoms with Crippen molar-refractivity contribution >= 4 is 11.4 Å². The maximum atomic E-state index is 8.64. The minimum Gasteiger partial charge on any atom is -0.489 e. The molecule has 1 heterocycles. The number of ether oxygens (including phenoxy) is 1. The van der Waals surface area contributed by atoms with E-state index in [9.17, 15) is 0 Å². The molecule has 104 valence electrons. The molecule has 21 heavy (non-hydrogen) atoms. The van der Waals surface area contributed by atoms with E-state index in [1.54, 1.807) is 41.2 Å². The minimum atomic E-state index is -0.249. The van der Waals surface area contributed by atoms with Gasteiger partial charge in [0.2, 0.25) is 5.71 Å². The van der Waals surface area contributed by atoms with Crippen LogP contribution in [0, 0.1) is 22.7 Å². The van der Waals surface area contributed by atoms with Crippen LogP contribution in [0.5, 0.6) is 5.75 Å². The standard InChI is InChI=1S/C14H12N6O/c15-10-12(11-16)18-19-13-4-1-2-5-14(13)21-9-8-20-7-3-6-17-20/h1-7,19H,8-9H2. The highest BCUT2D eigenvalue weighted by Crippen LogP contribution is 2.23. The Labute approximate surface area is 121 Å². The highest BCUT2D eigenvalue weighted by Gasteiger charge is 2.03. The first-order valence-electron chi connectivity index (χ1n) is 6.16. The summed E-state index contributed by atoms with van der Waals surface area (Å²) in [6.07, 6.45) is 3.56. The molecular formula is C14H12N6O. The molecule has 2 aromatic rings. The van der Waals surface area contributed by atoms with Crippen LogP contribution < -0.4 is 10.2 Å². The van der Waals surface area contributed by atoms with E-state index in [2.05, 4.69) is 15.6 Å². The van der Waals surface area contributed by atoms with Crippen molar-refractivity contribution in [2.24, 2.45) is 5.10 Å². The smallest absolute Gasteiger partial charge is 0.237 e. The van der Waals surface area contributed by atoms with Gasteiger partial charge in [-0.25, -0.2) is 0 Å². The number of rotatable bonds is 6. The SMILES string of the molecule is N#CC(C#N)=NNc1ccccc1OCCn1cccn1. The Bertz CT molecular complexity index is 677. The van der Waals surface area contributed by atoms with Crippen molar-refractivity contribution in [2.45, 2.75) is 6.54 Å². The fourth-order valence-corrected chi connectivity index (χ4v) is 1.56. The van der Waals surface area contributed by atoms with E-state index in [4.69, 9.17) is 15.3 Å². The number of hydrazone groups is 1. The molecule has 1 aromatic carbocycles. The first kappa shape index (κ1) is 14.1. The average molecular weight is 280 g/mol. The highest BCUT2D eigenvalue weighted by atomic mass is 16.5. The lowest BCUT2D eigenvalue weighted by Crippen LogP contribution is -2.09. The first-order valence-corrected chi connectivity index (χ1v) is 6.16. The molecule has 0 saturated carbocycles. The zero-order chi connectivity index (χ0) is 14.9. The van der Waals surface area contributed by atoms with Crippen molar-refractivity contribution in [3.63, 3.8) is 0 Å². The molecular weight excluding hydrogens is 268 g/mol. The van der Waals surface area contributed by atoms with Crippen LogP contribution in [0.25, 0.3) is 0 Å². The number of aromatic nitrogens is 2. The Morgan fingerprint density at radius 2 is 2.10 bits per heavy atom. The lowest BCUT2D eigenvalue weighted by molar-refractivity contribution is 0.292. The Balaban J connectivity index is 1.98. The van der Waals surface area contributed by atoms with Crippen molar-refractivity contribution in [1.82, 2.24) is 9.78 Å². The zero-order valence-electron chi connectivity index (χ0n) is 11.1. The number of benzene rings is 1. The number of nitrogens with one attached hydrogen (secondary N) is 1. The molecule has 1 N–H and O–H groups in total. The van der Waals surface area contributed by atoms with E-state index >= 15 is 0 Å². The van der Waals surface area contributed by atoms with E-state index in [1.807, 2.05) is 18.3 Å². The third kappa shape index (κ3) is 4.08. The second kappa shape index (κ2) is 7.31. The summed E-state index contributed by atoms with van der Waals surface area (Å²) < 4.78 is 7.41. The monoisotopic (exact) mass is 280 g/mol. The maximum Gasteiger partial charge on any atom is 0.237 e. The minimum absolute atomic E-state index is 0.249. The van der Waals surface area contributed by atoms with Crippen LogP contribution >= 0.6 is 0 Å². The van der Waals surface area contributed by atoms with Crippen LogP contribution in [-0.2, 0) is 6.54 Å². The van der Waals surface area contributed by atoms with Crippen LogP contribution in [0.15, 0.2) is 47.8 Å². The van der Waals surface area contributed by atoms with Gasteiger partial charge in [-0.1, -0.05) is 12.1 Å². The van der Waals surface area contributed by atoms with Gasteiger partial charge >= 0.3 is 0 Å². The van der Waals surface area contributed by atoms with Crippen molar-refractivity contribution in [1.29, 1.82) is 10.5 Å². The predicted octanol–water partition coefficient (Wildman–Crippen LogP) is 1.78. The number of anilines is 1. The van der Waals surface area contributed by atoms with Gasteiger partial charge in [0.05, 0.1) is 12.2 Å². The molecule has 0 aliphatic rings. The van der Waals surface area contributed by atoms with Crippen molar-refractivity contribution in [3.8, 4) is 17.9 Å². The fraction of sp³-hybridized carbons (Fsp3) is 0.143. The molecule has 0 saturated heterocycles. The quantitative estimate of drug-likeness (QED) is 0.642. The maximum absolute atomic E-state index is 8.64. The molecule has 7 nitrogen and oxygen atoms in total. The first-order chi connectivity index (χ1) is 10.3. The highest BCUT2D eigenvalue weighted by molar-refractivity contribution is 6.10. The van der Waals surface area contributed by atoms with Crippen LogP contribution in [0.3, 0.4) is 0 Å². The van der Waals surface area contributed by atoms with Gasteiger partial charge in [-0.05, 0) is 18.2 Å². The summed E-state index contributed by atoms with van der Waals surface area (Å²) >= 11 is 0. The molecule has 0 unspecified atom stereocenters. The Hall–Kier alpha value is -3.32. The Kier molecular flexibility index (Phi) is 4.91. The van der Waals surface area contributed by atoms with E-state index < -0.39 is 0 Å². The van der Waals surface area contributed by atoms with Gasteiger partial charge in [0.25, 0.3) is 0 Å². The van der Waals surface area contributed by atoms with Gasteiger partial charge in [0.15, 0.2) is 0 Å². The van der Waals surface area contributed by atoms with Crippen LogP contribution in [-0.4, -0.2) is 22.1 Å². The summed E-state index contributed by atoms with van der Waals surface area (Å²) in [5, 5.41) is 25.0. The number of para-hydroxylation sites is 2. The van der Waals surface area contributed by atoms with Gasteiger partial charge in [-0.15, -0.1) is 0 Å². The summed E-state index contributed by atoms with van der Waals surface area (Å²) in [7, 11) is 0. The Morgan fingerprint density at radius 1 is 1.29 bits per heavy atom. The van der Waals surface area contributed by atoms with Gasteiger partial charge in [-0.3, -0.25) is 10.1 Å². The molecule has 0 amide bonds. The predicted molar refractivity (Wildman–Crippen MR) is 76.4 cm³/mol. The molecule has 0 bridgehead atoms. The lowest BCUT2D eigenvalue weighted by Gasteiger charge is -2.10. The largest absolute Gasteiger partial charge is 0.489 e. The van der Waals surface area contributed by atoms with Gasteiger partial charge in [0, 0.05) is 12.4 Å². The molecule has 0 radical (unpaired) electrons. The molecule has 2 rings (SSSR count). The Morgan fingerprint density at radius 3 is 2.81 bits per heavy atom. The summed E-state index contributed by atoms with van der Waals surface area (Å²) in [5.41, 5.74) is 2.99. The summed E-state index contributed by atoms with van der Waals surface area (Å²) in [6.45, 7) is 1.06. The zero-order valence-corrected chi connectivity index (χ0v) is 11.1. The number of hydrogen-bond donors (Lipinski definition) is 1. The molecule has 0 aliphatic heterocycles. The molecule has 7 heteroatoms. The fourth-order valence-electron chi connectivity index (χ4n) is 1.56. The summed E-state index contributed by atoms with van der Waals surface area (Å²) in [6, 6.07) is 12.4. The van der Waals surface area contributed by atoms with E-state index in [1.165, 1.54) is 0 Å². The van der Waals surface area contributed by atoms with Crippen molar-refractivity contribution < 1.29 is 4.74 Å². The molecule has 1 aromatic heterocycles. The van der Waals surface area contributed by atoms with Crippen molar-refractivity contribution in [3.05, 3.63) is 42.7 Å². The van der Waals surface area contributed by atoms with E-state index in [0.717, 1.165) is 0 Å². The van der Waals surface area contributed by atoms with Gasteiger partial charge in [-0.2, -0.15) is 20.7 Å². The van der Waals surface area contributed by atoms with Gasteiger partial charge < -0.3 is 4.74 Å². The topological polar surface area (TPSA) is 99.0 Å². The number of nitrogens with zero attached hydrogens (tertiary/aromatic N) is 5. The molecule has 0 fully saturated rings. The molecule has 0 atom stereocenters. The molecule has 0 aliphatic carbocycles. The summed E-state index contributed by atoms with van der Waals surface area (Å²) in [4.78, 5) is 0. The van der Waals surface area contributed by atoms with E-state index in [-0.39, 0.29) is 5.71 Å². The normalized spacial score (nSPS) is 9.24.